The van der Waals surface area contributed by atoms with Crippen molar-refractivity contribution in [3.63, 3.8) is 0 Å². The number of piperazine rings is 1. The normalized spacial score (nSPS) is 15.3. The van der Waals surface area contributed by atoms with Crippen molar-refractivity contribution < 1.29 is 4.90 Å². The van der Waals surface area contributed by atoms with Gasteiger partial charge in [-0.05, 0) is 6.07 Å². The fourth-order valence-electron chi connectivity index (χ4n) is 3.56. The Kier molecular flexibility index (Phi) is 5.41. The molecule has 11 heteroatoms. The van der Waals surface area contributed by atoms with Crippen molar-refractivity contribution in [1.29, 1.82) is 0 Å². The standard InChI is InChI=1S/C18H24N8O2S/c1-22-7-9-25(10-8-22)17-21-14-13(15(27)24(3)18(28)23(14)2)26(17)11-12-29-16-19-5-4-6-20-16/h4-6H,7-12H2,1-3H3/p+1. The van der Waals surface area contributed by atoms with E-state index in [0.717, 1.165) is 36.7 Å². The summed E-state index contributed by atoms with van der Waals surface area (Å²) in [6, 6.07) is 1.78. The molecule has 0 amide bonds. The number of anilines is 1. The van der Waals surface area contributed by atoms with Crippen molar-refractivity contribution in [3.8, 4) is 0 Å². The van der Waals surface area contributed by atoms with Gasteiger partial charge in [0.1, 0.15) is 0 Å². The highest BCUT2D eigenvalue weighted by molar-refractivity contribution is 7.99. The molecule has 0 unspecified atom stereocenters. The van der Waals surface area contributed by atoms with Gasteiger partial charge in [-0.1, -0.05) is 11.8 Å². The zero-order valence-corrected chi connectivity index (χ0v) is 17.6. The van der Waals surface area contributed by atoms with Gasteiger partial charge in [0.2, 0.25) is 5.95 Å². The van der Waals surface area contributed by atoms with E-state index in [1.807, 2.05) is 4.57 Å². The van der Waals surface area contributed by atoms with Crippen LogP contribution < -0.4 is 21.0 Å². The Morgan fingerprint density at radius 3 is 2.48 bits per heavy atom. The molecule has 0 saturated carbocycles. The van der Waals surface area contributed by atoms with E-state index in [-0.39, 0.29) is 11.2 Å². The van der Waals surface area contributed by atoms with Gasteiger partial charge >= 0.3 is 5.69 Å². The van der Waals surface area contributed by atoms with Crippen LogP contribution >= 0.6 is 11.8 Å². The van der Waals surface area contributed by atoms with Crippen molar-refractivity contribution in [2.45, 2.75) is 11.7 Å². The lowest BCUT2D eigenvalue weighted by atomic mass is 10.3. The second-order valence-electron chi connectivity index (χ2n) is 7.27. The quantitative estimate of drug-likeness (QED) is 0.393. The molecule has 0 atom stereocenters. The largest absolute Gasteiger partial charge is 0.334 e. The minimum Gasteiger partial charge on any atom is -0.334 e. The molecular weight excluding hydrogens is 392 g/mol. The number of nitrogens with one attached hydrogen (secondary N) is 1. The van der Waals surface area contributed by atoms with Gasteiger partial charge in [0, 0.05) is 38.8 Å². The predicted octanol–water partition coefficient (Wildman–Crippen LogP) is -1.65. The molecule has 154 valence electrons. The van der Waals surface area contributed by atoms with E-state index in [2.05, 4.69) is 21.9 Å². The van der Waals surface area contributed by atoms with Crippen LogP contribution in [0.1, 0.15) is 0 Å². The Morgan fingerprint density at radius 2 is 1.79 bits per heavy atom. The highest BCUT2D eigenvalue weighted by Gasteiger charge is 2.25. The van der Waals surface area contributed by atoms with Crippen LogP contribution in [0.25, 0.3) is 11.2 Å². The third kappa shape index (κ3) is 3.67. The van der Waals surface area contributed by atoms with Crippen LogP contribution in [-0.2, 0) is 20.6 Å². The molecular formula is C18H25N8O2S+. The van der Waals surface area contributed by atoms with Gasteiger partial charge in [-0.25, -0.2) is 14.8 Å². The Bertz CT molecular complexity index is 1130. The Balaban J connectivity index is 1.75. The first-order valence-corrected chi connectivity index (χ1v) is 10.6. The molecule has 0 bridgehead atoms. The highest BCUT2D eigenvalue weighted by atomic mass is 32.2. The summed E-state index contributed by atoms with van der Waals surface area (Å²) in [5.41, 5.74) is 0.210. The molecule has 1 saturated heterocycles. The zero-order chi connectivity index (χ0) is 20.5. The van der Waals surface area contributed by atoms with Crippen LogP contribution in [0.4, 0.5) is 5.95 Å². The monoisotopic (exact) mass is 417 g/mol. The van der Waals surface area contributed by atoms with Gasteiger partial charge in [-0.3, -0.25) is 13.9 Å². The third-order valence-electron chi connectivity index (χ3n) is 5.32. The number of hydrogen-bond donors (Lipinski definition) is 1. The minimum absolute atomic E-state index is 0.317. The van der Waals surface area contributed by atoms with E-state index in [1.165, 1.54) is 28.3 Å². The molecule has 10 nitrogen and oxygen atoms in total. The second-order valence-corrected chi connectivity index (χ2v) is 8.33. The minimum atomic E-state index is -0.367. The molecule has 4 heterocycles. The summed E-state index contributed by atoms with van der Waals surface area (Å²) in [6.07, 6.45) is 3.43. The Morgan fingerprint density at radius 1 is 1.10 bits per heavy atom. The topological polar surface area (TPSA) is 95.3 Å². The van der Waals surface area contributed by atoms with Crippen molar-refractivity contribution >= 4 is 28.9 Å². The lowest BCUT2D eigenvalue weighted by Crippen LogP contribution is -3.12. The zero-order valence-electron chi connectivity index (χ0n) is 16.8. The van der Waals surface area contributed by atoms with Crippen molar-refractivity contribution in [2.75, 3.05) is 43.9 Å². The number of fused-ring (bicyclic) bond motifs is 1. The first kappa shape index (κ1) is 19.6. The number of thioether (sulfide) groups is 1. The van der Waals surface area contributed by atoms with Crippen LogP contribution in [0, 0.1) is 0 Å². The molecule has 0 spiro atoms. The number of aryl methyl sites for hydroxylation is 2. The van der Waals surface area contributed by atoms with Crippen molar-refractivity contribution in [2.24, 2.45) is 14.1 Å². The fourth-order valence-corrected chi connectivity index (χ4v) is 4.29. The van der Waals surface area contributed by atoms with E-state index < -0.39 is 0 Å². The summed E-state index contributed by atoms with van der Waals surface area (Å²) in [7, 11) is 5.34. The van der Waals surface area contributed by atoms with Crippen LogP contribution in [0.15, 0.2) is 33.2 Å². The van der Waals surface area contributed by atoms with Gasteiger partial charge in [-0.2, -0.15) is 4.98 Å². The average Bonchev–Trinajstić information content (AvgIpc) is 3.12. The highest BCUT2D eigenvalue weighted by Crippen LogP contribution is 2.21. The lowest BCUT2D eigenvalue weighted by Gasteiger charge is -2.31. The van der Waals surface area contributed by atoms with E-state index in [1.54, 1.807) is 25.5 Å². The van der Waals surface area contributed by atoms with Gasteiger partial charge in [0.25, 0.3) is 5.56 Å². The molecule has 1 aliphatic heterocycles. The molecule has 4 rings (SSSR count). The van der Waals surface area contributed by atoms with Crippen LogP contribution in [-0.4, -0.2) is 67.6 Å². The summed E-state index contributed by atoms with van der Waals surface area (Å²) in [4.78, 5) is 42.2. The molecule has 1 N–H and O–H groups in total. The number of likely N-dealkylation sites (N-methyl/N-ethyl adjacent to an activating group) is 1. The Hall–Kier alpha value is -2.66. The van der Waals surface area contributed by atoms with Crippen LogP contribution in [0.3, 0.4) is 0 Å². The van der Waals surface area contributed by atoms with E-state index in [9.17, 15) is 9.59 Å². The SMILES string of the molecule is Cn1c(=O)c2c(nc(N3CC[NH+](C)CC3)n2CCSc2ncccn2)n(C)c1=O. The molecule has 0 radical (unpaired) electrons. The maximum absolute atomic E-state index is 12.9. The first-order valence-electron chi connectivity index (χ1n) is 9.59. The number of nitrogens with zero attached hydrogens (tertiary/aromatic N) is 7. The predicted molar refractivity (Wildman–Crippen MR) is 112 cm³/mol. The van der Waals surface area contributed by atoms with Crippen LogP contribution in [0.2, 0.25) is 0 Å². The molecule has 29 heavy (non-hydrogen) atoms. The van der Waals surface area contributed by atoms with E-state index in [4.69, 9.17) is 4.98 Å². The summed E-state index contributed by atoms with van der Waals surface area (Å²) < 4.78 is 4.55. The van der Waals surface area contributed by atoms with Gasteiger partial charge < -0.3 is 14.4 Å². The van der Waals surface area contributed by atoms with Gasteiger partial charge in [-0.15, -0.1) is 0 Å². The summed E-state index contributed by atoms with van der Waals surface area (Å²) in [5, 5.41) is 0.696. The van der Waals surface area contributed by atoms with Gasteiger partial charge in [0.05, 0.1) is 33.2 Å². The summed E-state index contributed by atoms with van der Waals surface area (Å²) in [5.74, 6) is 1.44. The second kappa shape index (κ2) is 7.99. The average molecular weight is 418 g/mol. The number of rotatable bonds is 5. The number of imidazole rings is 1. The summed E-state index contributed by atoms with van der Waals surface area (Å²) in [6.45, 7) is 4.30. The number of hydrogen-bond acceptors (Lipinski definition) is 7. The molecule has 3 aromatic heterocycles. The smallest absolute Gasteiger partial charge is 0.332 e. The number of aromatic nitrogens is 6. The van der Waals surface area contributed by atoms with Gasteiger partial charge in [0.15, 0.2) is 16.3 Å². The van der Waals surface area contributed by atoms with Crippen LogP contribution in [0.5, 0.6) is 0 Å². The first-order chi connectivity index (χ1) is 14.0. The molecule has 0 aliphatic carbocycles. The van der Waals surface area contributed by atoms with E-state index >= 15 is 0 Å². The van der Waals surface area contributed by atoms with Crippen molar-refractivity contribution in [1.82, 2.24) is 28.7 Å². The Labute approximate surface area is 171 Å². The van der Waals surface area contributed by atoms with E-state index in [0.29, 0.717) is 28.6 Å². The fraction of sp³-hybridized carbons (Fsp3) is 0.500. The lowest BCUT2D eigenvalue weighted by molar-refractivity contribution is -0.880. The van der Waals surface area contributed by atoms with Crippen molar-refractivity contribution in [3.05, 3.63) is 39.3 Å². The third-order valence-corrected chi connectivity index (χ3v) is 6.17. The number of quaternary nitrogens is 1. The molecule has 1 fully saturated rings. The maximum atomic E-state index is 12.9. The molecule has 1 aliphatic rings. The maximum Gasteiger partial charge on any atom is 0.332 e. The molecule has 3 aromatic rings. The summed E-state index contributed by atoms with van der Waals surface area (Å²) >= 11 is 1.53. The molecule has 0 aromatic carbocycles.